The van der Waals surface area contributed by atoms with Gasteiger partial charge >= 0.3 is 22.4 Å². The molecule has 2 aliphatic heterocycles. The first-order chi connectivity index (χ1) is 12.8. The molecule has 0 bridgehead atoms. The summed E-state index contributed by atoms with van der Waals surface area (Å²) in [5.41, 5.74) is 0.921. The normalized spacial score (nSPS) is 26.9. The summed E-state index contributed by atoms with van der Waals surface area (Å²) in [5.74, 6) is 0. The largest absolute Gasteiger partial charge is 0.524 e. The van der Waals surface area contributed by atoms with Crippen LogP contribution in [0.15, 0.2) is 30.3 Å². The summed E-state index contributed by atoms with van der Waals surface area (Å²) in [6.45, 7) is 0.347. The Balaban J connectivity index is 1.47. The van der Waals surface area contributed by atoms with Crippen LogP contribution in [0.2, 0.25) is 0 Å². The van der Waals surface area contributed by atoms with Crippen molar-refractivity contribution in [2.24, 2.45) is 0 Å². The number of carbonyl (C=O) groups is 2. The predicted octanol–water partition coefficient (Wildman–Crippen LogP) is 0.560. The summed E-state index contributed by atoms with van der Waals surface area (Å²) in [4.78, 5) is 23.4. The highest BCUT2D eigenvalue weighted by Gasteiger charge is 2.51. The molecule has 2 heterocycles. The van der Waals surface area contributed by atoms with E-state index in [9.17, 15) is 18.0 Å². The molecule has 0 radical (unpaired) electrons. The first-order valence-corrected chi connectivity index (χ1v) is 9.95. The summed E-state index contributed by atoms with van der Waals surface area (Å²) in [5, 5.41) is 2.63. The van der Waals surface area contributed by atoms with E-state index < -0.39 is 46.8 Å². The second kappa shape index (κ2) is 8.11. The Morgan fingerprint density at radius 3 is 2.26 bits per heavy atom. The minimum absolute atomic E-state index is 0.0281. The summed E-state index contributed by atoms with van der Waals surface area (Å²) in [6, 6.07) is 9.33. The number of amides is 1. The van der Waals surface area contributed by atoms with Crippen molar-refractivity contribution in [2.45, 2.75) is 31.0 Å². The zero-order valence-corrected chi connectivity index (χ0v) is 15.2. The van der Waals surface area contributed by atoms with E-state index in [2.05, 4.69) is 9.50 Å². The monoisotopic (exact) mass is 401 g/mol. The number of fused-ring (bicyclic) bond motifs is 1. The lowest BCUT2D eigenvalue weighted by Crippen LogP contribution is -2.38. The fourth-order valence-electron chi connectivity index (χ4n) is 2.85. The van der Waals surface area contributed by atoms with Crippen LogP contribution in [-0.2, 0) is 39.8 Å². The van der Waals surface area contributed by atoms with Gasteiger partial charge in [0.05, 0.1) is 19.5 Å². The van der Waals surface area contributed by atoms with Crippen LogP contribution in [-0.4, -0.2) is 64.6 Å². The van der Waals surface area contributed by atoms with Crippen LogP contribution >= 0.6 is 0 Å². The Labute approximate surface area is 155 Å². The highest BCUT2D eigenvalue weighted by molar-refractivity contribution is 7.86. The molecule has 2 fully saturated rings. The second-order valence-electron chi connectivity index (χ2n) is 6.07. The molecule has 0 unspecified atom stereocenters. The smallest absolute Gasteiger partial charge is 0.441 e. The van der Waals surface area contributed by atoms with Gasteiger partial charge in [-0.05, 0) is 5.56 Å². The molecule has 11 heteroatoms. The lowest BCUT2D eigenvalue weighted by atomic mass is 10.1. The van der Waals surface area contributed by atoms with Crippen molar-refractivity contribution < 1.29 is 41.1 Å². The quantitative estimate of drug-likeness (QED) is 0.556. The van der Waals surface area contributed by atoms with E-state index in [1.807, 2.05) is 30.3 Å². The molecule has 148 valence electrons. The van der Waals surface area contributed by atoms with E-state index in [-0.39, 0.29) is 13.2 Å². The number of benzene rings is 1. The third kappa shape index (κ3) is 5.31. The fourth-order valence-corrected chi connectivity index (χ4v) is 3.13. The molecule has 0 spiro atoms. The number of rotatable bonds is 5. The Morgan fingerprint density at radius 1 is 1.07 bits per heavy atom. The molecule has 0 aliphatic carbocycles. The van der Waals surface area contributed by atoms with Gasteiger partial charge in [0, 0.05) is 6.54 Å². The number of hydrogen-bond acceptors (Lipinski definition) is 9. The van der Waals surface area contributed by atoms with E-state index in [0.717, 1.165) is 11.8 Å². The SMILES string of the molecule is CS(=O)(=O)OC(=O)O[C@@H]1CO[C@H]2[C@@H]1OC[C@@H]2OC(=O)NCc1ccccc1. The number of alkyl carbamates (subject to hydrolysis) is 1. The number of nitrogens with one attached hydrogen (secondary N) is 1. The number of carbonyl (C=O) groups excluding carboxylic acids is 2. The van der Waals surface area contributed by atoms with Gasteiger partial charge in [-0.3, -0.25) is 0 Å². The molecule has 10 nitrogen and oxygen atoms in total. The Morgan fingerprint density at radius 2 is 1.67 bits per heavy atom. The third-order valence-electron chi connectivity index (χ3n) is 3.97. The summed E-state index contributed by atoms with van der Waals surface area (Å²) in [7, 11) is -3.98. The molecule has 0 aromatic heterocycles. The second-order valence-corrected chi connectivity index (χ2v) is 7.65. The lowest BCUT2D eigenvalue weighted by Gasteiger charge is -2.17. The van der Waals surface area contributed by atoms with Crippen molar-refractivity contribution in [3.8, 4) is 0 Å². The maximum absolute atomic E-state index is 12.0. The Bertz CT molecular complexity index is 782. The summed E-state index contributed by atoms with van der Waals surface area (Å²) >= 11 is 0. The number of ether oxygens (including phenoxy) is 4. The van der Waals surface area contributed by atoms with Crippen LogP contribution in [0.3, 0.4) is 0 Å². The van der Waals surface area contributed by atoms with Crippen molar-refractivity contribution >= 4 is 22.4 Å². The van der Waals surface area contributed by atoms with Crippen LogP contribution in [0.1, 0.15) is 5.56 Å². The van der Waals surface area contributed by atoms with Gasteiger partial charge in [-0.1, -0.05) is 30.3 Å². The van der Waals surface area contributed by atoms with Crippen molar-refractivity contribution in [1.82, 2.24) is 5.32 Å². The molecule has 1 amide bonds. The minimum Gasteiger partial charge on any atom is -0.441 e. The zero-order chi connectivity index (χ0) is 19.4. The fraction of sp³-hybridized carbons (Fsp3) is 0.500. The van der Waals surface area contributed by atoms with Crippen LogP contribution in [0.25, 0.3) is 0 Å². The lowest BCUT2D eigenvalue weighted by molar-refractivity contribution is -0.0209. The van der Waals surface area contributed by atoms with E-state index >= 15 is 0 Å². The average molecular weight is 401 g/mol. The van der Waals surface area contributed by atoms with E-state index in [0.29, 0.717) is 6.54 Å². The molecule has 0 saturated carbocycles. The molecule has 4 atom stereocenters. The molecular weight excluding hydrogens is 382 g/mol. The maximum Gasteiger partial charge on any atom is 0.524 e. The first kappa shape index (κ1) is 19.4. The molecule has 2 aliphatic rings. The van der Waals surface area contributed by atoms with Crippen molar-refractivity contribution in [3.63, 3.8) is 0 Å². The van der Waals surface area contributed by atoms with Crippen LogP contribution in [0, 0.1) is 0 Å². The van der Waals surface area contributed by atoms with Crippen molar-refractivity contribution in [2.75, 3.05) is 19.5 Å². The molecule has 3 rings (SSSR count). The first-order valence-electron chi connectivity index (χ1n) is 8.13. The van der Waals surface area contributed by atoms with Crippen molar-refractivity contribution in [3.05, 3.63) is 35.9 Å². The maximum atomic E-state index is 12.0. The van der Waals surface area contributed by atoms with Gasteiger partial charge in [0.2, 0.25) is 0 Å². The van der Waals surface area contributed by atoms with Gasteiger partial charge in [-0.25, -0.2) is 9.59 Å². The zero-order valence-electron chi connectivity index (χ0n) is 14.4. The highest BCUT2D eigenvalue weighted by atomic mass is 32.2. The predicted molar refractivity (Wildman–Crippen MR) is 89.2 cm³/mol. The molecule has 2 saturated heterocycles. The molecule has 1 aromatic rings. The van der Waals surface area contributed by atoms with Gasteiger partial charge in [-0.2, -0.15) is 8.42 Å². The van der Waals surface area contributed by atoms with E-state index in [4.69, 9.17) is 18.9 Å². The molecular formula is C16H19NO9S. The molecule has 1 N–H and O–H groups in total. The molecule has 1 aromatic carbocycles. The summed E-state index contributed by atoms with van der Waals surface area (Å²) < 4.78 is 47.2. The van der Waals surface area contributed by atoms with Crippen LogP contribution < -0.4 is 5.32 Å². The minimum atomic E-state index is -3.98. The van der Waals surface area contributed by atoms with Crippen molar-refractivity contribution in [1.29, 1.82) is 0 Å². The standard InChI is InChI=1S/C16H19NO9S/c1-27(20,21)26-16(19)25-12-9-23-13-11(8-22-14(12)13)24-15(18)17-7-10-5-3-2-4-6-10/h2-6,11-14H,7-9H2,1H3,(H,17,18)/t11-,12+,13+,14+/m0/s1. The third-order valence-corrected chi connectivity index (χ3v) is 4.41. The van der Waals surface area contributed by atoms with Crippen LogP contribution in [0.4, 0.5) is 9.59 Å². The molecule has 27 heavy (non-hydrogen) atoms. The Hall–Kier alpha value is -2.37. The summed E-state index contributed by atoms with van der Waals surface area (Å²) in [6.07, 6.45) is -4.09. The topological polar surface area (TPSA) is 126 Å². The van der Waals surface area contributed by atoms with Gasteiger partial charge in [0.15, 0.2) is 12.2 Å². The average Bonchev–Trinajstić information content (AvgIpc) is 3.16. The highest BCUT2D eigenvalue weighted by Crippen LogP contribution is 2.30. The number of hydrogen-bond donors (Lipinski definition) is 1. The van der Waals surface area contributed by atoms with E-state index in [1.54, 1.807) is 0 Å². The van der Waals surface area contributed by atoms with Gasteiger partial charge < -0.3 is 28.4 Å². The van der Waals surface area contributed by atoms with E-state index in [1.165, 1.54) is 0 Å². The van der Waals surface area contributed by atoms with Gasteiger partial charge in [0.25, 0.3) is 0 Å². The Kier molecular flexibility index (Phi) is 5.82. The van der Waals surface area contributed by atoms with Gasteiger partial charge in [0.1, 0.15) is 12.2 Å². The van der Waals surface area contributed by atoms with Crippen LogP contribution in [0.5, 0.6) is 0 Å². The van der Waals surface area contributed by atoms with Gasteiger partial charge in [-0.15, -0.1) is 0 Å².